The lowest BCUT2D eigenvalue weighted by atomic mass is 10.2. The first-order valence-electron chi connectivity index (χ1n) is 8.68. The summed E-state index contributed by atoms with van der Waals surface area (Å²) in [6.07, 6.45) is 2.67. The van der Waals surface area contributed by atoms with Gasteiger partial charge in [-0.05, 0) is 43.2 Å². The molecular formula is C20H18N4O2S. The number of pyridine rings is 1. The monoisotopic (exact) mass is 378 g/mol. The summed E-state index contributed by atoms with van der Waals surface area (Å²) in [7, 11) is 0. The molecule has 0 aliphatic carbocycles. The Hall–Kier alpha value is -3.06. The van der Waals surface area contributed by atoms with Crippen LogP contribution in [0.25, 0.3) is 10.2 Å². The van der Waals surface area contributed by atoms with Gasteiger partial charge >= 0.3 is 0 Å². The van der Waals surface area contributed by atoms with Crippen LogP contribution in [-0.4, -0.2) is 21.0 Å². The van der Waals surface area contributed by atoms with Gasteiger partial charge in [0, 0.05) is 12.3 Å². The maximum Gasteiger partial charge on any atom is 0.299 e. The average Bonchev–Trinajstić information content (AvgIpc) is 3.31. The summed E-state index contributed by atoms with van der Waals surface area (Å²) in [5.41, 5.74) is 3.55. The molecule has 0 saturated carbocycles. The molecule has 0 atom stereocenters. The number of anilines is 1. The zero-order chi connectivity index (χ0) is 18.8. The Balaban J connectivity index is 1.75. The molecule has 0 unspecified atom stereocenters. The Labute approximate surface area is 160 Å². The van der Waals surface area contributed by atoms with Crippen LogP contribution in [-0.2, 0) is 13.0 Å². The van der Waals surface area contributed by atoms with Gasteiger partial charge in [0.25, 0.3) is 5.91 Å². The van der Waals surface area contributed by atoms with E-state index in [-0.39, 0.29) is 11.7 Å². The van der Waals surface area contributed by atoms with Crippen LogP contribution in [0.2, 0.25) is 0 Å². The highest BCUT2D eigenvalue weighted by Gasteiger charge is 2.25. The molecule has 7 heteroatoms. The fraction of sp³-hybridized carbons (Fsp3) is 0.200. The van der Waals surface area contributed by atoms with E-state index in [1.165, 1.54) is 16.9 Å². The maximum atomic E-state index is 13.1. The molecule has 0 radical (unpaired) electrons. The molecule has 3 aromatic heterocycles. The zero-order valence-corrected chi connectivity index (χ0v) is 15.9. The van der Waals surface area contributed by atoms with Crippen LogP contribution in [0.4, 0.5) is 5.13 Å². The number of hydrogen-bond donors (Lipinski definition) is 0. The van der Waals surface area contributed by atoms with Crippen LogP contribution in [0.3, 0.4) is 0 Å². The molecular weight excluding hydrogens is 360 g/mol. The highest BCUT2D eigenvalue weighted by Crippen LogP contribution is 2.31. The van der Waals surface area contributed by atoms with Crippen LogP contribution in [0.1, 0.15) is 34.4 Å². The number of rotatable bonds is 5. The summed E-state index contributed by atoms with van der Waals surface area (Å²) in [4.78, 5) is 23.7. The van der Waals surface area contributed by atoms with Crippen molar-refractivity contribution in [2.75, 3.05) is 4.90 Å². The fourth-order valence-electron chi connectivity index (χ4n) is 2.77. The topological polar surface area (TPSA) is 72.1 Å². The van der Waals surface area contributed by atoms with Crippen molar-refractivity contribution >= 4 is 32.6 Å². The van der Waals surface area contributed by atoms with Gasteiger partial charge < -0.3 is 4.52 Å². The van der Waals surface area contributed by atoms with Gasteiger partial charge in [0.2, 0.25) is 5.76 Å². The van der Waals surface area contributed by atoms with E-state index in [9.17, 15) is 4.79 Å². The average molecular weight is 378 g/mol. The van der Waals surface area contributed by atoms with E-state index in [1.54, 1.807) is 24.1 Å². The predicted octanol–water partition coefficient (Wildman–Crippen LogP) is 4.40. The molecule has 0 saturated heterocycles. The number of thiazole rings is 1. The molecule has 0 fully saturated rings. The number of carbonyl (C=O) groups is 1. The number of benzene rings is 1. The molecule has 1 aromatic carbocycles. The van der Waals surface area contributed by atoms with Crippen LogP contribution >= 0.6 is 11.3 Å². The van der Waals surface area contributed by atoms with Crippen molar-refractivity contribution in [3.63, 3.8) is 0 Å². The number of amides is 1. The number of carbonyl (C=O) groups excluding carboxylic acids is 1. The van der Waals surface area contributed by atoms with Crippen molar-refractivity contribution in [3.8, 4) is 0 Å². The summed E-state index contributed by atoms with van der Waals surface area (Å²) < 4.78 is 6.24. The zero-order valence-electron chi connectivity index (χ0n) is 15.0. The van der Waals surface area contributed by atoms with Gasteiger partial charge in [0.1, 0.15) is 0 Å². The van der Waals surface area contributed by atoms with Crippen molar-refractivity contribution in [1.29, 1.82) is 0 Å². The van der Waals surface area contributed by atoms with Crippen LogP contribution in [0.15, 0.2) is 53.2 Å². The molecule has 27 heavy (non-hydrogen) atoms. The molecule has 1 amide bonds. The van der Waals surface area contributed by atoms with E-state index < -0.39 is 0 Å². The highest BCUT2D eigenvalue weighted by atomic mass is 32.1. The van der Waals surface area contributed by atoms with Gasteiger partial charge in [-0.3, -0.25) is 14.7 Å². The van der Waals surface area contributed by atoms with E-state index in [2.05, 4.69) is 34.2 Å². The van der Waals surface area contributed by atoms with E-state index in [1.807, 2.05) is 24.3 Å². The molecule has 4 rings (SSSR count). The van der Waals surface area contributed by atoms with Crippen LogP contribution < -0.4 is 4.90 Å². The minimum atomic E-state index is -0.281. The van der Waals surface area contributed by atoms with Crippen molar-refractivity contribution in [3.05, 3.63) is 71.4 Å². The molecule has 3 heterocycles. The molecule has 0 aliphatic rings. The summed E-state index contributed by atoms with van der Waals surface area (Å²) in [6, 6.07) is 13.4. The molecule has 0 bridgehead atoms. The Morgan fingerprint density at radius 2 is 2.11 bits per heavy atom. The lowest BCUT2D eigenvalue weighted by molar-refractivity contribution is 0.0949. The van der Waals surface area contributed by atoms with Crippen molar-refractivity contribution < 1.29 is 9.32 Å². The SMILES string of the molecule is CCc1ccc2nc(N(Cc3ccccn3)C(=O)c3cc(C)no3)sc2c1. The molecule has 6 nitrogen and oxygen atoms in total. The smallest absolute Gasteiger partial charge is 0.299 e. The number of aromatic nitrogens is 3. The van der Waals surface area contributed by atoms with E-state index in [0.29, 0.717) is 17.4 Å². The summed E-state index contributed by atoms with van der Waals surface area (Å²) >= 11 is 1.49. The Morgan fingerprint density at radius 1 is 1.22 bits per heavy atom. The van der Waals surface area contributed by atoms with Gasteiger partial charge in [0.15, 0.2) is 5.13 Å². The summed E-state index contributed by atoms with van der Waals surface area (Å²) in [5, 5.41) is 4.44. The standard InChI is InChI=1S/C20H18N4O2S/c1-3-14-7-8-16-18(11-14)27-20(22-16)24(12-15-6-4-5-9-21-15)19(25)17-10-13(2)23-26-17/h4-11H,3,12H2,1-2H3. The predicted molar refractivity (Wildman–Crippen MR) is 105 cm³/mol. The van der Waals surface area contributed by atoms with Crippen molar-refractivity contribution in [2.24, 2.45) is 0 Å². The Bertz CT molecular complexity index is 1090. The number of hydrogen-bond acceptors (Lipinski definition) is 6. The second-order valence-corrected chi connectivity index (χ2v) is 7.21. The van der Waals surface area contributed by atoms with E-state index in [4.69, 9.17) is 4.52 Å². The number of fused-ring (bicyclic) bond motifs is 1. The first-order valence-corrected chi connectivity index (χ1v) is 9.50. The van der Waals surface area contributed by atoms with Crippen LogP contribution in [0.5, 0.6) is 0 Å². The normalized spacial score (nSPS) is 11.0. The second kappa shape index (κ2) is 7.28. The molecule has 0 spiro atoms. The second-order valence-electron chi connectivity index (χ2n) is 6.20. The van der Waals surface area contributed by atoms with E-state index >= 15 is 0 Å². The fourth-order valence-corrected chi connectivity index (χ4v) is 3.80. The van der Waals surface area contributed by atoms with Crippen LogP contribution in [0, 0.1) is 6.92 Å². The van der Waals surface area contributed by atoms with Gasteiger partial charge in [-0.1, -0.05) is 35.5 Å². The summed E-state index contributed by atoms with van der Waals surface area (Å²) in [5.74, 6) is -0.0899. The quantitative estimate of drug-likeness (QED) is 0.515. The van der Waals surface area contributed by atoms with E-state index in [0.717, 1.165) is 22.3 Å². The molecule has 136 valence electrons. The first-order chi connectivity index (χ1) is 13.1. The number of aryl methyl sites for hydroxylation is 2. The first kappa shape index (κ1) is 17.4. The highest BCUT2D eigenvalue weighted by molar-refractivity contribution is 7.22. The third-order valence-corrected chi connectivity index (χ3v) is 5.25. The largest absolute Gasteiger partial charge is 0.351 e. The Morgan fingerprint density at radius 3 is 2.81 bits per heavy atom. The Kier molecular flexibility index (Phi) is 4.68. The lowest BCUT2D eigenvalue weighted by Gasteiger charge is -2.17. The lowest BCUT2D eigenvalue weighted by Crippen LogP contribution is -2.30. The molecule has 0 aliphatic heterocycles. The number of nitrogens with zero attached hydrogens (tertiary/aromatic N) is 4. The maximum absolute atomic E-state index is 13.1. The molecule has 4 aromatic rings. The van der Waals surface area contributed by atoms with Gasteiger partial charge in [-0.2, -0.15) is 0 Å². The third-order valence-electron chi connectivity index (χ3n) is 4.21. The van der Waals surface area contributed by atoms with Gasteiger partial charge in [0.05, 0.1) is 28.1 Å². The minimum Gasteiger partial charge on any atom is -0.351 e. The minimum absolute atomic E-state index is 0.192. The summed E-state index contributed by atoms with van der Waals surface area (Å²) in [6.45, 7) is 4.21. The third kappa shape index (κ3) is 3.59. The van der Waals surface area contributed by atoms with Gasteiger partial charge in [-0.15, -0.1) is 0 Å². The van der Waals surface area contributed by atoms with Crippen molar-refractivity contribution in [2.45, 2.75) is 26.8 Å². The molecule has 0 N–H and O–H groups in total. The van der Waals surface area contributed by atoms with Crippen molar-refractivity contribution in [1.82, 2.24) is 15.1 Å². The van der Waals surface area contributed by atoms with Gasteiger partial charge in [-0.25, -0.2) is 4.98 Å².